The van der Waals surface area contributed by atoms with Crippen LogP contribution in [0.25, 0.3) is 10.9 Å². The van der Waals surface area contributed by atoms with Crippen molar-refractivity contribution in [2.24, 2.45) is 7.05 Å². The van der Waals surface area contributed by atoms with Crippen molar-refractivity contribution >= 4 is 26.8 Å². The van der Waals surface area contributed by atoms with Crippen molar-refractivity contribution in [3.63, 3.8) is 0 Å². The number of hydrogen-bond acceptors (Lipinski definition) is 1. The number of para-hydroxylation sites is 1. The smallest absolute Gasteiger partial charge is 0.123 e. The number of nitrogens with zero attached hydrogens (tertiary/aromatic N) is 2. The molecule has 0 amide bonds. The van der Waals surface area contributed by atoms with E-state index in [0.29, 0.717) is 0 Å². The highest BCUT2D eigenvalue weighted by Gasteiger charge is 2.16. The summed E-state index contributed by atoms with van der Waals surface area (Å²) in [5.41, 5.74) is 3.18. The minimum atomic E-state index is -0.190. The van der Waals surface area contributed by atoms with Gasteiger partial charge in [-0.15, -0.1) is 0 Å². The predicted molar refractivity (Wildman–Crippen MR) is 87.4 cm³/mol. The van der Waals surface area contributed by atoms with Gasteiger partial charge in [0.15, 0.2) is 0 Å². The van der Waals surface area contributed by atoms with Gasteiger partial charge < -0.3 is 0 Å². The van der Waals surface area contributed by atoms with Crippen LogP contribution in [-0.2, 0) is 13.5 Å². The highest BCUT2D eigenvalue weighted by Crippen LogP contribution is 2.27. The molecule has 1 aromatic heterocycles. The van der Waals surface area contributed by atoms with Gasteiger partial charge in [-0.05, 0) is 36.1 Å². The maximum Gasteiger partial charge on any atom is 0.123 e. The zero-order chi connectivity index (χ0) is 14.8. The van der Waals surface area contributed by atoms with Crippen LogP contribution in [0.3, 0.4) is 0 Å². The van der Waals surface area contributed by atoms with E-state index in [0.717, 1.165) is 28.5 Å². The average molecular weight is 347 g/mol. The van der Waals surface area contributed by atoms with Crippen LogP contribution in [0.5, 0.6) is 0 Å². The van der Waals surface area contributed by atoms with Gasteiger partial charge in [0.1, 0.15) is 5.82 Å². The van der Waals surface area contributed by atoms with Crippen LogP contribution in [0.2, 0.25) is 0 Å². The fourth-order valence-corrected chi connectivity index (χ4v) is 3.30. The third-order valence-corrected chi connectivity index (χ3v) is 4.56. The quantitative estimate of drug-likeness (QED) is 0.639. The number of fused-ring (bicyclic) bond motifs is 1. The van der Waals surface area contributed by atoms with Crippen LogP contribution >= 0.6 is 15.9 Å². The van der Waals surface area contributed by atoms with Gasteiger partial charge in [-0.1, -0.05) is 46.3 Å². The molecule has 2 nitrogen and oxygen atoms in total. The van der Waals surface area contributed by atoms with Crippen LogP contribution in [0.15, 0.2) is 48.5 Å². The fourth-order valence-electron chi connectivity index (χ4n) is 2.69. The number of rotatable bonds is 4. The molecule has 0 bridgehead atoms. The van der Waals surface area contributed by atoms with Gasteiger partial charge in [-0.3, -0.25) is 4.68 Å². The molecule has 0 spiro atoms. The zero-order valence-corrected chi connectivity index (χ0v) is 13.3. The largest absolute Gasteiger partial charge is 0.268 e. The lowest BCUT2D eigenvalue weighted by Crippen LogP contribution is -2.06. The van der Waals surface area contributed by atoms with Crippen LogP contribution in [0, 0.1) is 5.82 Å². The van der Waals surface area contributed by atoms with E-state index in [-0.39, 0.29) is 11.7 Å². The first-order chi connectivity index (χ1) is 10.2. The molecular weight excluding hydrogens is 331 g/mol. The topological polar surface area (TPSA) is 17.8 Å². The van der Waals surface area contributed by atoms with Crippen molar-refractivity contribution in [2.75, 3.05) is 5.33 Å². The standard InChI is InChI=1S/C17H16BrFN2/c1-21-17-8-3-2-7-15(17)16(20-21)10-13(11-18)12-5-4-6-14(19)9-12/h2-9,13H,10-11H2,1H3. The molecular formula is C17H16BrFN2. The first-order valence-electron chi connectivity index (χ1n) is 6.91. The Balaban J connectivity index is 1.96. The van der Waals surface area contributed by atoms with Crippen LogP contribution in [-0.4, -0.2) is 15.1 Å². The van der Waals surface area contributed by atoms with Crippen molar-refractivity contribution in [2.45, 2.75) is 12.3 Å². The molecule has 1 heterocycles. The van der Waals surface area contributed by atoms with Gasteiger partial charge in [-0.25, -0.2) is 4.39 Å². The molecule has 1 unspecified atom stereocenters. The molecule has 2 aromatic carbocycles. The normalized spacial score (nSPS) is 12.7. The molecule has 0 N–H and O–H groups in total. The molecule has 4 heteroatoms. The lowest BCUT2D eigenvalue weighted by atomic mass is 9.95. The minimum absolute atomic E-state index is 0.190. The summed E-state index contributed by atoms with van der Waals surface area (Å²) in [4.78, 5) is 0. The summed E-state index contributed by atoms with van der Waals surface area (Å²) in [5, 5.41) is 6.58. The van der Waals surface area contributed by atoms with E-state index in [4.69, 9.17) is 0 Å². The van der Waals surface area contributed by atoms with Crippen LogP contribution < -0.4 is 0 Å². The zero-order valence-electron chi connectivity index (χ0n) is 11.8. The lowest BCUT2D eigenvalue weighted by Gasteiger charge is -2.13. The molecule has 1 atom stereocenters. The van der Waals surface area contributed by atoms with Crippen molar-refractivity contribution in [3.05, 3.63) is 65.6 Å². The summed E-state index contributed by atoms with van der Waals surface area (Å²) in [5.74, 6) is 0.0170. The number of hydrogen-bond donors (Lipinski definition) is 0. The summed E-state index contributed by atoms with van der Waals surface area (Å²) >= 11 is 3.55. The second-order valence-corrected chi connectivity index (χ2v) is 5.85. The highest BCUT2D eigenvalue weighted by molar-refractivity contribution is 9.09. The lowest BCUT2D eigenvalue weighted by molar-refractivity contribution is 0.620. The summed E-state index contributed by atoms with van der Waals surface area (Å²) in [6.45, 7) is 0. The molecule has 0 aliphatic carbocycles. The van der Waals surface area contributed by atoms with Crippen molar-refractivity contribution in [1.29, 1.82) is 0 Å². The third-order valence-electron chi connectivity index (χ3n) is 3.78. The summed E-state index contributed by atoms with van der Waals surface area (Å²) in [6.07, 6.45) is 0.788. The SMILES string of the molecule is Cn1nc(CC(CBr)c2cccc(F)c2)c2ccccc21. The number of alkyl halides is 1. The van der Waals surface area contributed by atoms with E-state index in [9.17, 15) is 4.39 Å². The molecule has 0 radical (unpaired) electrons. The Labute approximate surface area is 131 Å². The van der Waals surface area contributed by atoms with E-state index in [1.165, 1.54) is 11.5 Å². The summed E-state index contributed by atoms with van der Waals surface area (Å²) in [6, 6.07) is 15.0. The number of aromatic nitrogens is 2. The average Bonchev–Trinajstić information content (AvgIpc) is 2.82. The van der Waals surface area contributed by atoms with Gasteiger partial charge in [0.25, 0.3) is 0 Å². The minimum Gasteiger partial charge on any atom is -0.268 e. The van der Waals surface area contributed by atoms with Crippen molar-refractivity contribution in [1.82, 2.24) is 9.78 Å². The second-order valence-electron chi connectivity index (χ2n) is 5.20. The Bertz CT molecular complexity index is 766. The Kier molecular flexibility index (Phi) is 4.06. The fraction of sp³-hybridized carbons (Fsp3) is 0.235. The van der Waals surface area contributed by atoms with E-state index < -0.39 is 0 Å². The highest BCUT2D eigenvalue weighted by atomic mass is 79.9. The van der Waals surface area contributed by atoms with Crippen LogP contribution in [0.1, 0.15) is 17.2 Å². The first kappa shape index (κ1) is 14.3. The molecule has 3 aromatic rings. The summed E-state index contributed by atoms with van der Waals surface area (Å²) < 4.78 is 15.3. The molecule has 0 saturated heterocycles. The Morgan fingerprint density at radius 1 is 1.19 bits per heavy atom. The Hall–Kier alpha value is -1.68. The maximum atomic E-state index is 13.4. The number of aryl methyl sites for hydroxylation is 1. The number of halogens is 2. The van der Waals surface area contributed by atoms with Crippen molar-refractivity contribution in [3.8, 4) is 0 Å². The second kappa shape index (κ2) is 5.98. The first-order valence-corrected chi connectivity index (χ1v) is 8.03. The van der Waals surface area contributed by atoms with E-state index >= 15 is 0 Å². The Morgan fingerprint density at radius 3 is 2.76 bits per heavy atom. The Morgan fingerprint density at radius 2 is 2.00 bits per heavy atom. The molecule has 0 fully saturated rings. The van der Waals surface area contributed by atoms with E-state index in [2.05, 4.69) is 33.2 Å². The van der Waals surface area contributed by atoms with Gasteiger partial charge in [0, 0.05) is 17.8 Å². The van der Waals surface area contributed by atoms with Gasteiger partial charge in [-0.2, -0.15) is 5.10 Å². The molecule has 0 aliphatic heterocycles. The van der Waals surface area contributed by atoms with Gasteiger partial charge >= 0.3 is 0 Å². The molecule has 21 heavy (non-hydrogen) atoms. The molecule has 3 rings (SSSR count). The van der Waals surface area contributed by atoms with Crippen LogP contribution in [0.4, 0.5) is 4.39 Å². The third kappa shape index (κ3) is 2.86. The maximum absolute atomic E-state index is 13.4. The molecule has 0 aliphatic rings. The van der Waals surface area contributed by atoms with E-state index in [1.807, 2.05) is 29.9 Å². The van der Waals surface area contributed by atoms with Gasteiger partial charge in [0.05, 0.1) is 11.2 Å². The monoisotopic (exact) mass is 346 g/mol. The predicted octanol–water partition coefficient (Wildman–Crippen LogP) is 4.43. The summed E-state index contributed by atoms with van der Waals surface area (Å²) in [7, 11) is 1.96. The number of benzene rings is 2. The van der Waals surface area contributed by atoms with Crippen molar-refractivity contribution < 1.29 is 4.39 Å². The molecule has 0 saturated carbocycles. The van der Waals surface area contributed by atoms with E-state index in [1.54, 1.807) is 12.1 Å². The van der Waals surface area contributed by atoms with Gasteiger partial charge in [0.2, 0.25) is 0 Å². The molecule has 108 valence electrons.